The first-order valence-electron chi connectivity index (χ1n) is 9.85. The van der Waals surface area contributed by atoms with Crippen LogP contribution < -0.4 is 4.74 Å². The molecule has 3 aromatic carbocycles. The zero-order valence-corrected chi connectivity index (χ0v) is 16.3. The highest BCUT2D eigenvalue weighted by Crippen LogP contribution is 2.32. The van der Waals surface area contributed by atoms with Crippen LogP contribution in [0.4, 0.5) is 0 Å². The Kier molecular flexibility index (Phi) is 4.32. The Bertz CT molecular complexity index is 1190. The van der Waals surface area contributed by atoms with Gasteiger partial charge in [-0.05, 0) is 41.5 Å². The van der Waals surface area contributed by atoms with Gasteiger partial charge in [0.2, 0.25) is 0 Å². The average Bonchev–Trinajstić information content (AvgIpc) is 3.16. The molecular weight excluding hydrogens is 360 g/mol. The van der Waals surface area contributed by atoms with Crippen LogP contribution in [-0.4, -0.2) is 29.4 Å². The molecule has 1 aliphatic rings. The third kappa shape index (κ3) is 3.17. The second kappa shape index (κ2) is 7.13. The summed E-state index contributed by atoms with van der Waals surface area (Å²) in [5.74, 6) is 0.747. The molecular formula is C25H22N2O2. The molecule has 0 fully saturated rings. The maximum Gasteiger partial charge on any atom is 0.254 e. The molecule has 0 bridgehead atoms. The second-order valence-electron chi connectivity index (χ2n) is 7.42. The Balaban J connectivity index is 1.49. The summed E-state index contributed by atoms with van der Waals surface area (Å²) in [6, 6.07) is 24.3. The Labute approximate surface area is 169 Å². The van der Waals surface area contributed by atoms with E-state index in [2.05, 4.69) is 47.4 Å². The van der Waals surface area contributed by atoms with Crippen LogP contribution in [0.1, 0.15) is 21.6 Å². The number of ether oxygens (including phenoxy) is 1. The molecule has 0 radical (unpaired) electrons. The van der Waals surface area contributed by atoms with Gasteiger partial charge >= 0.3 is 0 Å². The van der Waals surface area contributed by atoms with Crippen molar-refractivity contribution in [2.24, 2.45) is 0 Å². The third-order valence-electron chi connectivity index (χ3n) is 5.69. The normalized spacial score (nSPS) is 13.3. The standard InChI is InChI=1S/C25H22N2O2/c1-29-20-9-5-8-19(14-20)25(28)27-13-12-24-22(16-27)21-15-18(10-11-23(21)26-24)17-6-3-2-4-7-17/h2-11,14-15,26H,12-13,16H2,1H3. The molecule has 4 aromatic rings. The fourth-order valence-electron chi connectivity index (χ4n) is 4.14. The molecule has 0 saturated heterocycles. The van der Waals surface area contributed by atoms with Crippen molar-refractivity contribution >= 4 is 16.8 Å². The first-order valence-corrected chi connectivity index (χ1v) is 9.85. The molecule has 29 heavy (non-hydrogen) atoms. The number of rotatable bonds is 3. The van der Waals surface area contributed by atoms with Crippen LogP contribution in [0.2, 0.25) is 0 Å². The van der Waals surface area contributed by atoms with Gasteiger partial charge in [-0.25, -0.2) is 0 Å². The topological polar surface area (TPSA) is 45.3 Å². The van der Waals surface area contributed by atoms with Gasteiger partial charge in [0, 0.05) is 47.2 Å². The Hall–Kier alpha value is -3.53. The van der Waals surface area contributed by atoms with Gasteiger partial charge in [0.15, 0.2) is 0 Å². The van der Waals surface area contributed by atoms with Gasteiger partial charge in [0.25, 0.3) is 5.91 Å². The number of fused-ring (bicyclic) bond motifs is 3. The third-order valence-corrected chi connectivity index (χ3v) is 5.69. The van der Waals surface area contributed by atoms with Crippen molar-refractivity contribution in [2.75, 3.05) is 13.7 Å². The quantitative estimate of drug-likeness (QED) is 0.539. The van der Waals surface area contributed by atoms with Gasteiger partial charge in [-0.2, -0.15) is 0 Å². The molecule has 1 N–H and O–H groups in total. The minimum atomic E-state index is 0.0445. The number of aromatic nitrogens is 1. The maximum atomic E-state index is 13.1. The SMILES string of the molecule is COc1cccc(C(=O)N2CCc3[nH]c4ccc(-c5ccccc5)cc4c3C2)c1. The molecule has 0 saturated carbocycles. The van der Waals surface area contributed by atoms with E-state index in [0.717, 1.165) is 11.9 Å². The molecule has 2 heterocycles. The minimum Gasteiger partial charge on any atom is -0.497 e. The maximum absolute atomic E-state index is 13.1. The lowest BCUT2D eigenvalue weighted by molar-refractivity contribution is 0.0734. The molecule has 0 atom stereocenters. The molecule has 1 aliphatic heterocycles. The monoisotopic (exact) mass is 382 g/mol. The number of H-pyrrole nitrogens is 1. The second-order valence-corrected chi connectivity index (χ2v) is 7.42. The summed E-state index contributed by atoms with van der Waals surface area (Å²) in [6.07, 6.45) is 0.834. The molecule has 5 rings (SSSR count). The van der Waals surface area contributed by atoms with Crippen LogP contribution in [0.5, 0.6) is 5.75 Å². The van der Waals surface area contributed by atoms with E-state index in [1.54, 1.807) is 13.2 Å². The number of amides is 1. The summed E-state index contributed by atoms with van der Waals surface area (Å²) in [5.41, 5.74) is 6.64. The molecule has 4 heteroatoms. The zero-order chi connectivity index (χ0) is 19.8. The van der Waals surface area contributed by atoms with Crippen LogP contribution in [-0.2, 0) is 13.0 Å². The van der Waals surface area contributed by atoms with E-state index in [1.807, 2.05) is 29.2 Å². The van der Waals surface area contributed by atoms with Gasteiger partial charge in [-0.15, -0.1) is 0 Å². The van der Waals surface area contributed by atoms with Gasteiger partial charge in [0.05, 0.1) is 7.11 Å². The largest absolute Gasteiger partial charge is 0.497 e. The van der Waals surface area contributed by atoms with E-state index in [4.69, 9.17) is 4.74 Å². The fourth-order valence-corrected chi connectivity index (χ4v) is 4.14. The molecule has 0 aliphatic carbocycles. The Morgan fingerprint density at radius 1 is 0.966 bits per heavy atom. The van der Waals surface area contributed by atoms with Crippen LogP contribution in [0.15, 0.2) is 72.8 Å². The van der Waals surface area contributed by atoms with E-state index < -0.39 is 0 Å². The number of carbonyl (C=O) groups is 1. The van der Waals surface area contributed by atoms with Crippen molar-refractivity contribution < 1.29 is 9.53 Å². The zero-order valence-electron chi connectivity index (χ0n) is 16.3. The molecule has 0 spiro atoms. The highest BCUT2D eigenvalue weighted by Gasteiger charge is 2.25. The smallest absolute Gasteiger partial charge is 0.254 e. The number of aromatic amines is 1. The first kappa shape index (κ1) is 17.6. The number of hydrogen-bond donors (Lipinski definition) is 1. The van der Waals surface area contributed by atoms with Crippen molar-refractivity contribution in [2.45, 2.75) is 13.0 Å². The minimum absolute atomic E-state index is 0.0445. The highest BCUT2D eigenvalue weighted by atomic mass is 16.5. The predicted molar refractivity (Wildman–Crippen MR) is 115 cm³/mol. The van der Waals surface area contributed by atoms with Gasteiger partial charge in [0.1, 0.15) is 5.75 Å². The number of methoxy groups -OCH3 is 1. The van der Waals surface area contributed by atoms with Crippen LogP contribution >= 0.6 is 0 Å². The first-order chi connectivity index (χ1) is 14.2. The van der Waals surface area contributed by atoms with Crippen LogP contribution in [0, 0.1) is 0 Å². The summed E-state index contributed by atoms with van der Waals surface area (Å²) < 4.78 is 5.27. The van der Waals surface area contributed by atoms with Crippen molar-refractivity contribution in [3.8, 4) is 16.9 Å². The van der Waals surface area contributed by atoms with E-state index in [0.29, 0.717) is 24.4 Å². The summed E-state index contributed by atoms with van der Waals surface area (Å²) in [5, 5.41) is 1.20. The Morgan fingerprint density at radius 3 is 2.66 bits per heavy atom. The molecule has 1 aromatic heterocycles. The summed E-state index contributed by atoms with van der Waals surface area (Å²) in [7, 11) is 1.62. The van der Waals surface area contributed by atoms with Crippen molar-refractivity contribution in [3.63, 3.8) is 0 Å². The predicted octanol–water partition coefficient (Wildman–Crippen LogP) is 5.04. The van der Waals surface area contributed by atoms with Gasteiger partial charge in [-0.3, -0.25) is 4.79 Å². The molecule has 4 nitrogen and oxygen atoms in total. The fraction of sp³-hybridized carbons (Fsp3) is 0.160. The average molecular weight is 382 g/mol. The number of nitrogens with one attached hydrogen (secondary N) is 1. The van der Waals surface area contributed by atoms with E-state index in [1.165, 1.54) is 27.8 Å². The lowest BCUT2D eigenvalue weighted by Gasteiger charge is -2.27. The lowest BCUT2D eigenvalue weighted by atomic mass is 9.99. The van der Waals surface area contributed by atoms with Crippen molar-refractivity contribution in [3.05, 3.63) is 89.6 Å². The number of carbonyl (C=O) groups excluding carboxylic acids is 1. The summed E-state index contributed by atoms with van der Waals surface area (Å²) >= 11 is 0. The van der Waals surface area contributed by atoms with Gasteiger partial charge in [-0.1, -0.05) is 42.5 Å². The van der Waals surface area contributed by atoms with Gasteiger partial charge < -0.3 is 14.6 Å². The number of hydrogen-bond acceptors (Lipinski definition) is 2. The lowest BCUT2D eigenvalue weighted by Crippen LogP contribution is -2.35. The van der Waals surface area contributed by atoms with E-state index >= 15 is 0 Å². The van der Waals surface area contributed by atoms with E-state index in [9.17, 15) is 4.79 Å². The summed E-state index contributed by atoms with van der Waals surface area (Å²) in [6.45, 7) is 1.32. The van der Waals surface area contributed by atoms with Crippen molar-refractivity contribution in [1.82, 2.24) is 9.88 Å². The van der Waals surface area contributed by atoms with Crippen molar-refractivity contribution in [1.29, 1.82) is 0 Å². The number of nitrogens with zero attached hydrogens (tertiary/aromatic N) is 1. The molecule has 0 unspecified atom stereocenters. The highest BCUT2D eigenvalue weighted by molar-refractivity contribution is 5.96. The Morgan fingerprint density at radius 2 is 1.83 bits per heavy atom. The summed E-state index contributed by atoms with van der Waals surface area (Å²) in [4.78, 5) is 18.6. The number of benzene rings is 3. The van der Waals surface area contributed by atoms with Crippen LogP contribution in [0.25, 0.3) is 22.0 Å². The van der Waals surface area contributed by atoms with Crippen LogP contribution in [0.3, 0.4) is 0 Å². The van der Waals surface area contributed by atoms with E-state index in [-0.39, 0.29) is 5.91 Å². The molecule has 1 amide bonds. The molecule has 144 valence electrons.